The molecule has 1 amide bonds. The number of carbonyl (C=O) groups is 3. The highest BCUT2D eigenvalue weighted by molar-refractivity contribution is 6.00. The Kier molecular flexibility index (Phi) is 6.93. The van der Waals surface area contributed by atoms with E-state index in [1.807, 2.05) is 0 Å². The molecule has 0 unspecified atom stereocenters. The van der Waals surface area contributed by atoms with Crippen LogP contribution in [-0.2, 0) is 9.53 Å². The van der Waals surface area contributed by atoms with Crippen molar-refractivity contribution in [1.82, 2.24) is 5.32 Å². The van der Waals surface area contributed by atoms with E-state index in [1.54, 1.807) is 48.5 Å². The van der Waals surface area contributed by atoms with E-state index in [-0.39, 0.29) is 12.3 Å². The standard InChI is InChI=1S/C20H21NO6/c1-13(19(23)14-7-9-16(25-2)10-8-14)27-18(22)12-21-20(24)15-5-4-6-17(11-15)26-3/h4-11,13H,12H2,1-3H3,(H,21,24)/t13-/m0/s1. The van der Waals surface area contributed by atoms with Crippen LogP contribution in [-0.4, -0.2) is 44.5 Å². The van der Waals surface area contributed by atoms with Crippen molar-refractivity contribution in [1.29, 1.82) is 0 Å². The lowest BCUT2D eigenvalue weighted by Crippen LogP contribution is -2.34. The number of esters is 1. The number of benzene rings is 2. The summed E-state index contributed by atoms with van der Waals surface area (Å²) in [4.78, 5) is 36.3. The topological polar surface area (TPSA) is 90.9 Å². The quantitative estimate of drug-likeness (QED) is 0.565. The summed E-state index contributed by atoms with van der Waals surface area (Å²) >= 11 is 0. The van der Waals surface area contributed by atoms with Gasteiger partial charge in [-0.1, -0.05) is 6.07 Å². The van der Waals surface area contributed by atoms with Crippen molar-refractivity contribution in [3.63, 3.8) is 0 Å². The number of hydrogen-bond donors (Lipinski definition) is 1. The number of ketones is 1. The summed E-state index contributed by atoms with van der Waals surface area (Å²) in [5.74, 6) is -0.342. The number of rotatable bonds is 8. The second-order valence-electron chi connectivity index (χ2n) is 5.64. The van der Waals surface area contributed by atoms with E-state index in [0.29, 0.717) is 22.6 Å². The summed E-state index contributed by atoms with van der Waals surface area (Å²) in [5, 5.41) is 2.45. The largest absolute Gasteiger partial charge is 0.497 e. The van der Waals surface area contributed by atoms with E-state index in [4.69, 9.17) is 14.2 Å². The molecule has 2 aromatic rings. The zero-order valence-corrected chi connectivity index (χ0v) is 15.4. The van der Waals surface area contributed by atoms with Crippen LogP contribution >= 0.6 is 0 Å². The maximum atomic E-state index is 12.3. The average molecular weight is 371 g/mol. The second-order valence-corrected chi connectivity index (χ2v) is 5.64. The molecule has 0 fully saturated rings. The number of nitrogens with one attached hydrogen (secondary N) is 1. The van der Waals surface area contributed by atoms with E-state index in [1.165, 1.54) is 21.1 Å². The van der Waals surface area contributed by atoms with Gasteiger partial charge in [0.2, 0.25) is 5.78 Å². The van der Waals surface area contributed by atoms with Gasteiger partial charge in [-0.3, -0.25) is 14.4 Å². The predicted octanol–water partition coefficient (Wildman–Crippen LogP) is 2.25. The van der Waals surface area contributed by atoms with Crippen LogP contribution < -0.4 is 14.8 Å². The van der Waals surface area contributed by atoms with E-state index in [0.717, 1.165) is 0 Å². The van der Waals surface area contributed by atoms with Crippen molar-refractivity contribution in [3.05, 3.63) is 59.7 Å². The first-order valence-electron chi connectivity index (χ1n) is 8.24. The van der Waals surface area contributed by atoms with Crippen molar-refractivity contribution in [2.45, 2.75) is 13.0 Å². The molecule has 1 N–H and O–H groups in total. The van der Waals surface area contributed by atoms with Gasteiger partial charge in [0.05, 0.1) is 14.2 Å². The van der Waals surface area contributed by atoms with Crippen molar-refractivity contribution in [2.75, 3.05) is 20.8 Å². The zero-order valence-electron chi connectivity index (χ0n) is 15.4. The molecule has 7 heteroatoms. The Bertz CT molecular complexity index is 815. The van der Waals surface area contributed by atoms with Gasteiger partial charge in [0.15, 0.2) is 6.10 Å². The molecule has 0 radical (unpaired) electrons. The summed E-state index contributed by atoms with van der Waals surface area (Å²) in [7, 11) is 3.02. The van der Waals surface area contributed by atoms with E-state index in [2.05, 4.69) is 5.32 Å². The molecule has 27 heavy (non-hydrogen) atoms. The highest BCUT2D eigenvalue weighted by atomic mass is 16.5. The second kappa shape index (κ2) is 9.38. The normalized spacial score (nSPS) is 11.2. The maximum absolute atomic E-state index is 12.3. The number of amides is 1. The van der Waals surface area contributed by atoms with Gasteiger partial charge in [0.1, 0.15) is 18.0 Å². The molecule has 0 saturated heterocycles. The van der Waals surface area contributed by atoms with Crippen molar-refractivity contribution < 1.29 is 28.6 Å². The van der Waals surface area contributed by atoms with Crippen LogP contribution in [0.5, 0.6) is 11.5 Å². The minimum atomic E-state index is -0.973. The van der Waals surface area contributed by atoms with Gasteiger partial charge in [-0.05, 0) is 49.4 Å². The molecule has 142 valence electrons. The van der Waals surface area contributed by atoms with Crippen molar-refractivity contribution in [3.8, 4) is 11.5 Å². The number of ether oxygens (including phenoxy) is 3. The van der Waals surface area contributed by atoms with E-state index in [9.17, 15) is 14.4 Å². The number of methoxy groups -OCH3 is 2. The van der Waals surface area contributed by atoms with Crippen molar-refractivity contribution >= 4 is 17.7 Å². The van der Waals surface area contributed by atoms with Crippen LogP contribution in [0, 0.1) is 0 Å². The van der Waals surface area contributed by atoms with Gasteiger partial charge in [-0.2, -0.15) is 0 Å². The molecule has 0 aliphatic heterocycles. The van der Waals surface area contributed by atoms with Crippen LogP contribution in [0.25, 0.3) is 0 Å². The van der Waals surface area contributed by atoms with Gasteiger partial charge in [-0.15, -0.1) is 0 Å². The predicted molar refractivity (Wildman–Crippen MR) is 98.2 cm³/mol. The fourth-order valence-electron chi connectivity index (χ4n) is 2.30. The molecular formula is C20H21NO6. The third-order valence-electron chi connectivity index (χ3n) is 3.78. The molecule has 0 heterocycles. The molecule has 0 spiro atoms. The lowest BCUT2D eigenvalue weighted by Gasteiger charge is -2.13. The smallest absolute Gasteiger partial charge is 0.326 e. The summed E-state index contributed by atoms with van der Waals surface area (Å²) in [6.07, 6.45) is -0.973. The molecule has 0 saturated carbocycles. The Morgan fingerprint density at radius 2 is 1.59 bits per heavy atom. The lowest BCUT2D eigenvalue weighted by molar-refractivity contribution is -0.145. The highest BCUT2D eigenvalue weighted by Crippen LogP contribution is 2.14. The van der Waals surface area contributed by atoms with Crippen LogP contribution in [0.3, 0.4) is 0 Å². The highest BCUT2D eigenvalue weighted by Gasteiger charge is 2.20. The Morgan fingerprint density at radius 1 is 0.926 bits per heavy atom. The van der Waals surface area contributed by atoms with Gasteiger partial charge < -0.3 is 19.5 Å². The maximum Gasteiger partial charge on any atom is 0.326 e. The summed E-state index contributed by atoms with van der Waals surface area (Å²) in [6.45, 7) is 1.13. The van der Waals surface area contributed by atoms with Crippen LogP contribution in [0.1, 0.15) is 27.6 Å². The molecular weight excluding hydrogens is 350 g/mol. The number of Topliss-reactive ketones (excluding diaryl/α,β-unsaturated/α-hetero) is 1. The van der Waals surface area contributed by atoms with Gasteiger partial charge in [0, 0.05) is 11.1 Å². The summed E-state index contributed by atoms with van der Waals surface area (Å²) < 4.78 is 15.2. The minimum absolute atomic E-state index is 0.342. The molecule has 0 aromatic heterocycles. The fraction of sp³-hybridized carbons (Fsp3) is 0.250. The van der Waals surface area contributed by atoms with Gasteiger partial charge >= 0.3 is 5.97 Å². The molecule has 1 atom stereocenters. The van der Waals surface area contributed by atoms with Gasteiger partial charge in [-0.25, -0.2) is 0 Å². The Morgan fingerprint density at radius 3 is 2.22 bits per heavy atom. The Labute approximate surface area is 157 Å². The van der Waals surface area contributed by atoms with E-state index >= 15 is 0 Å². The third kappa shape index (κ3) is 5.57. The molecule has 2 aromatic carbocycles. The minimum Gasteiger partial charge on any atom is -0.497 e. The van der Waals surface area contributed by atoms with Crippen molar-refractivity contribution in [2.24, 2.45) is 0 Å². The molecule has 2 rings (SSSR count). The number of hydrogen-bond acceptors (Lipinski definition) is 6. The molecule has 7 nitrogen and oxygen atoms in total. The molecule has 0 bridgehead atoms. The Hall–Kier alpha value is -3.35. The first kappa shape index (κ1) is 20.0. The van der Waals surface area contributed by atoms with E-state index < -0.39 is 18.0 Å². The van der Waals surface area contributed by atoms with Crippen LogP contribution in [0.4, 0.5) is 0 Å². The third-order valence-corrected chi connectivity index (χ3v) is 3.78. The number of carbonyl (C=O) groups excluding carboxylic acids is 3. The lowest BCUT2D eigenvalue weighted by atomic mass is 10.1. The van der Waals surface area contributed by atoms with Crippen LogP contribution in [0.2, 0.25) is 0 Å². The summed E-state index contributed by atoms with van der Waals surface area (Å²) in [6, 6.07) is 13.0. The monoisotopic (exact) mass is 371 g/mol. The molecule has 0 aliphatic carbocycles. The first-order valence-corrected chi connectivity index (χ1v) is 8.24. The van der Waals surface area contributed by atoms with Gasteiger partial charge in [0.25, 0.3) is 5.91 Å². The van der Waals surface area contributed by atoms with Crippen LogP contribution in [0.15, 0.2) is 48.5 Å². The Balaban J connectivity index is 1.86. The average Bonchev–Trinajstić information content (AvgIpc) is 2.71. The molecule has 0 aliphatic rings. The zero-order chi connectivity index (χ0) is 19.8. The summed E-state index contributed by atoms with van der Waals surface area (Å²) in [5.41, 5.74) is 0.751. The SMILES string of the molecule is COc1ccc(C(=O)[C@H](C)OC(=O)CNC(=O)c2cccc(OC)c2)cc1. The fourth-order valence-corrected chi connectivity index (χ4v) is 2.30. The first-order chi connectivity index (χ1) is 12.9.